The van der Waals surface area contributed by atoms with Crippen molar-refractivity contribution in [1.82, 2.24) is 4.98 Å². The van der Waals surface area contributed by atoms with Crippen LogP contribution in [0.1, 0.15) is 62.7 Å². The Kier molecular flexibility index (Phi) is 6.69. The number of rotatable bonds is 6. The van der Waals surface area contributed by atoms with Crippen LogP contribution in [-0.4, -0.2) is 35.5 Å². The molecule has 2 aromatic heterocycles. The van der Waals surface area contributed by atoms with Crippen LogP contribution >= 0.6 is 22.7 Å². The number of ether oxygens (including phenoxy) is 2. The number of aromatic nitrogens is 1. The van der Waals surface area contributed by atoms with Gasteiger partial charge in [0.1, 0.15) is 9.88 Å². The highest BCUT2D eigenvalue weighted by atomic mass is 32.1. The zero-order valence-corrected chi connectivity index (χ0v) is 18.5. The van der Waals surface area contributed by atoms with Crippen molar-refractivity contribution in [3.63, 3.8) is 0 Å². The van der Waals surface area contributed by atoms with Gasteiger partial charge in [-0.15, -0.1) is 22.7 Å². The topological polar surface area (TPSA) is 94.6 Å². The minimum absolute atomic E-state index is 0.259. The average molecular weight is 437 g/mol. The summed E-state index contributed by atoms with van der Waals surface area (Å²) in [6.45, 7) is 7.47. The summed E-state index contributed by atoms with van der Waals surface area (Å²) in [7, 11) is 0. The van der Waals surface area contributed by atoms with Crippen molar-refractivity contribution in [2.75, 3.05) is 11.9 Å². The molecule has 1 N–H and O–H groups in total. The van der Waals surface area contributed by atoms with E-state index in [-0.39, 0.29) is 6.61 Å². The average Bonchev–Trinajstić information content (AvgIpc) is 3.24. The molecule has 3 rings (SSSR count). The maximum absolute atomic E-state index is 12.6. The summed E-state index contributed by atoms with van der Waals surface area (Å²) in [5, 5.41) is 3.98. The molecule has 1 aliphatic carbocycles. The Labute approximate surface area is 177 Å². The van der Waals surface area contributed by atoms with Crippen molar-refractivity contribution >= 4 is 45.5 Å². The third-order valence-electron chi connectivity index (χ3n) is 4.70. The molecule has 2 aromatic rings. The van der Waals surface area contributed by atoms with Crippen molar-refractivity contribution in [3.8, 4) is 0 Å². The lowest BCUT2D eigenvalue weighted by Crippen LogP contribution is -2.30. The molecule has 1 aliphatic rings. The predicted molar refractivity (Wildman–Crippen MR) is 112 cm³/mol. The molecule has 0 aliphatic heterocycles. The van der Waals surface area contributed by atoms with E-state index >= 15 is 0 Å². The van der Waals surface area contributed by atoms with Gasteiger partial charge >= 0.3 is 11.9 Å². The van der Waals surface area contributed by atoms with E-state index in [1.54, 1.807) is 13.8 Å². The number of esters is 2. The summed E-state index contributed by atoms with van der Waals surface area (Å²) in [4.78, 5) is 42.8. The standard InChI is InChI=1S/C20H24N2O5S2/c1-5-26-20(25)16-13-7-6-10(2)8-14(13)29-18(16)22-17(23)11(3)27-19(24)15-9-21-12(4)28-15/h9-11H,5-8H2,1-4H3,(H,22,23). The van der Waals surface area contributed by atoms with Crippen molar-refractivity contribution in [1.29, 1.82) is 0 Å². The van der Waals surface area contributed by atoms with Gasteiger partial charge in [0, 0.05) is 4.88 Å². The molecule has 0 saturated carbocycles. The lowest BCUT2D eigenvalue weighted by molar-refractivity contribution is -0.123. The Morgan fingerprint density at radius 3 is 2.72 bits per heavy atom. The smallest absolute Gasteiger partial charge is 0.350 e. The molecule has 2 unspecified atom stereocenters. The Balaban J connectivity index is 1.76. The monoisotopic (exact) mass is 436 g/mol. The first-order valence-electron chi connectivity index (χ1n) is 9.56. The second-order valence-corrected chi connectivity index (χ2v) is 9.40. The quantitative estimate of drug-likeness (QED) is 0.688. The summed E-state index contributed by atoms with van der Waals surface area (Å²) in [6, 6.07) is 0. The lowest BCUT2D eigenvalue weighted by atomic mass is 9.88. The number of hydrogen-bond donors (Lipinski definition) is 1. The van der Waals surface area contributed by atoms with E-state index in [2.05, 4.69) is 17.2 Å². The van der Waals surface area contributed by atoms with Gasteiger partial charge in [0.2, 0.25) is 0 Å². The molecular formula is C20H24N2O5S2. The number of nitrogens with one attached hydrogen (secondary N) is 1. The van der Waals surface area contributed by atoms with Gasteiger partial charge in [-0.25, -0.2) is 14.6 Å². The molecule has 9 heteroatoms. The fourth-order valence-electron chi connectivity index (χ4n) is 3.20. The van der Waals surface area contributed by atoms with Crippen LogP contribution in [0.3, 0.4) is 0 Å². The molecule has 2 atom stereocenters. The third kappa shape index (κ3) is 4.84. The van der Waals surface area contributed by atoms with E-state index < -0.39 is 23.9 Å². The van der Waals surface area contributed by atoms with Crippen LogP contribution in [0.25, 0.3) is 0 Å². The van der Waals surface area contributed by atoms with Gasteiger partial charge in [-0.1, -0.05) is 6.92 Å². The van der Waals surface area contributed by atoms with Crippen LogP contribution in [0.5, 0.6) is 0 Å². The first-order chi connectivity index (χ1) is 13.8. The minimum Gasteiger partial charge on any atom is -0.462 e. The highest BCUT2D eigenvalue weighted by Gasteiger charge is 2.30. The number of anilines is 1. The number of carbonyl (C=O) groups excluding carboxylic acids is 3. The number of hydrogen-bond acceptors (Lipinski definition) is 8. The number of thiazole rings is 1. The molecule has 0 radical (unpaired) electrons. The third-order valence-corrected chi connectivity index (χ3v) is 6.77. The van der Waals surface area contributed by atoms with Gasteiger partial charge in [-0.05, 0) is 51.5 Å². The Morgan fingerprint density at radius 1 is 1.31 bits per heavy atom. The van der Waals surface area contributed by atoms with Crippen molar-refractivity contribution in [2.45, 2.75) is 53.1 Å². The van der Waals surface area contributed by atoms with Gasteiger partial charge in [-0.2, -0.15) is 0 Å². The first kappa shape index (κ1) is 21.4. The van der Waals surface area contributed by atoms with E-state index in [4.69, 9.17) is 9.47 Å². The number of fused-ring (bicyclic) bond motifs is 1. The number of aryl methyl sites for hydroxylation is 1. The SMILES string of the molecule is CCOC(=O)c1c(NC(=O)C(C)OC(=O)c2cnc(C)s2)sc2c1CCC(C)C2. The number of thiophene rings is 1. The van der Waals surface area contributed by atoms with Crippen LogP contribution in [0.4, 0.5) is 5.00 Å². The Bertz CT molecular complexity index is 933. The molecule has 156 valence electrons. The maximum atomic E-state index is 12.6. The first-order valence-corrected chi connectivity index (χ1v) is 11.2. The van der Waals surface area contributed by atoms with Crippen LogP contribution in [0.15, 0.2) is 6.20 Å². The van der Waals surface area contributed by atoms with E-state index in [1.165, 1.54) is 35.8 Å². The van der Waals surface area contributed by atoms with Crippen molar-refractivity contribution in [3.05, 3.63) is 32.1 Å². The number of amides is 1. The predicted octanol–water partition coefficient (Wildman–Crippen LogP) is 4.00. The molecule has 29 heavy (non-hydrogen) atoms. The van der Waals surface area contributed by atoms with Gasteiger partial charge in [0.25, 0.3) is 5.91 Å². The highest BCUT2D eigenvalue weighted by Crippen LogP contribution is 2.40. The molecule has 0 fully saturated rings. The number of carbonyl (C=O) groups is 3. The van der Waals surface area contributed by atoms with Crippen molar-refractivity contribution in [2.24, 2.45) is 5.92 Å². The summed E-state index contributed by atoms with van der Waals surface area (Å²) >= 11 is 2.61. The summed E-state index contributed by atoms with van der Waals surface area (Å²) in [5.74, 6) is -0.984. The molecule has 0 saturated heterocycles. The van der Waals surface area contributed by atoms with Crippen LogP contribution < -0.4 is 5.32 Å². The van der Waals surface area contributed by atoms with Crippen LogP contribution in [0, 0.1) is 12.8 Å². The van der Waals surface area contributed by atoms with Crippen molar-refractivity contribution < 1.29 is 23.9 Å². The van der Waals surface area contributed by atoms with E-state index in [1.807, 2.05) is 0 Å². The summed E-state index contributed by atoms with van der Waals surface area (Å²) < 4.78 is 10.5. The van der Waals surface area contributed by atoms with E-state index in [0.717, 1.165) is 34.7 Å². The maximum Gasteiger partial charge on any atom is 0.350 e. The van der Waals surface area contributed by atoms with E-state index in [0.29, 0.717) is 21.4 Å². The number of nitrogens with zero attached hydrogens (tertiary/aromatic N) is 1. The van der Waals surface area contributed by atoms with Gasteiger partial charge in [0.15, 0.2) is 6.10 Å². The minimum atomic E-state index is -1.02. The fourth-order valence-corrected chi connectivity index (χ4v) is 5.26. The molecule has 7 nitrogen and oxygen atoms in total. The zero-order chi connectivity index (χ0) is 21.1. The fraction of sp³-hybridized carbons (Fsp3) is 0.500. The summed E-state index contributed by atoms with van der Waals surface area (Å²) in [5.41, 5.74) is 1.40. The van der Waals surface area contributed by atoms with E-state index in [9.17, 15) is 14.4 Å². The molecule has 1 amide bonds. The molecular weight excluding hydrogens is 412 g/mol. The lowest BCUT2D eigenvalue weighted by Gasteiger charge is -2.18. The zero-order valence-electron chi connectivity index (χ0n) is 16.9. The Morgan fingerprint density at radius 2 is 2.07 bits per heavy atom. The second kappa shape index (κ2) is 9.04. The highest BCUT2D eigenvalue weighted by molar-refractivity contribution is 7.17. The second-order valence-electron chi connectivity index (χ2n) is 7.06. The summed E-state index contributed by atoms with van der Waals surface area (Å²) in [6.07, 6.45) is 3.06. The van der Waals surface area contributed by atoms with Gasteiger partial charge < -0.3 is 14.8 Å². The van der Waals surface area contributed by atoms with Gasteiger partial charge in [0.05, 0.1) is 23.4 Å². The van der Waals surface area contributed by atoms with Gasteiger partial charge in [-0.3, -0.25) is 4.79 Å². The molecule has 0 aromatic carbocycles. The molecule has 0 spiro atoms. The normalized spacial score (nSPS) is 16.6. The molecule has 0 bridgehead atoms. The van der Waals surface area contributed by atoms with Crippen LogP contribution in [-0.2, 0) is 27.1 Å². The van der Waals surface area contributed by atoms with Crippen LogP contribution in [0.2, 0.25) is 0 Å². The Hall–Kier alpha value is -2.26. The largest absolute Gasteiger partial charge is 0.462 e. The molecule has 2 heterocycles.